The smallest absolute Gasteiger partial charge is 0.271 e. The summed E-state index contributed by atoms with van der Waals surface area (Å²) in [5.74, 6) is -0.223. The Morgan fingerprint density at radius 2 is 1.96 bits per heavy atom. The van der Waals surface area contributed by atoms with Gasteiger partial charge in [-0.2, -0.15) is 0 Å². The van der Waals surface area contributed by atoms with Gasteiger partial charge in [-0.05, 0) is 43.7 Å². The maximum Gasteiger partial charge on any atom is 0.271 e. The molecule has 0 atom stereocenters. The number of nitrogens with one attached hydrogen (secondary N) is 1. The molecule has 2 aromatic rings. The molecule has 1 amide bonds. The van der Waals surface area contributed by atoms with Gasteiger partial charge in [0.05, 0.1) is 5.02 Å². The van der Waals surface area contributed by atoms with Crippen LogP contribution in [0.25, 0.3) is 0 Å². The highest BCUT2D eigenvalue weighted by Gasteiger charge is 2.09. The van der Waals surface area contributed by atoms with Gasteiger partial charge in [-0.15, -0.1) is 22.6 Å². The van der Waals surface area contributed by atoms with E-state index < -0.39 is 0 Å². The second-order valence-corrected chi connectivity index (χ2v) is 6.01. The Morgan fingerprint density at radius 1 is 1.17 bits per heavy atom. The van der Waals surface area contributed by atoms with Crippen LogP contribution in [0, 0.1) is 0 Å². The molecule has 5 nitrogen and oxygen atoms in total. The number of nitrogens with zero attached hydrogens (tertiary/aromatic N) is 2. The Morgan fingerprint density at radius 3 is 2.61 bits per heavy atom. The number of carbonyl (C=O) groups excluding carboxylic acids is 1. The number of hydrogen-bond acceptors (Lipinski definition) is 5. The minimum absolute atomic E-state index is 0. The number of carbonyl (C=O) groups is 1. The van der Waals surface area contributed by atoms with Crippen LogP contribution >= 0.6 is 35.8 Å². The summed E-state index contributed by atoms with van der Waals surface area (Å²) in [6.07, 6.45) is 1.75. The van der Waals surface area contributed by atoms with Gasteiger partial charge < -0.3 is 11.1 Å². The van der Waals surface area contributed by atoms with E-state index in [-0.39, 0.29) is 18.3 Å². The Bertz CT molecular complexity index is 625. The lowest BCUT2D eigenvalue weighted by Gasteiger charge is -2.05. The average Bonchev–Trinajstić information content (AvgIpc) is 2.54. The van der Waals surface area contributed by atoms with Crippen LogP contribution in [0.15, 0.2) is 46.3 Å². The van der Waals surface area contributed by atoms with Crippen molar-refractivity contribution in [3.63, 3.8) is 0 Å². The average molecular weight is 373 g/mol. The number of unbranched alkanes of at least 4 members (excludes halogenated alkanes) is 1. The molecule has 0 aliphatic rings. The van der Waals surface area contributed by atoms with Crippen molar-refractivity contribution in [3.8, 4) is 0 Å². The molecule has 2 rings (SSSR count). The van der Waals surface area contributed by atoms with Gasteiger partial charge in [0.1, 0.15) is 5.03 Å². The fraction of sp³-hybridized carbons (Fsp3) is 0.267. The second kappa shape index (κ2) is 10.4. The lowest BCUT2D eigenvalue weighted by atomic mass is 10.3. The van der Waals surface area contributed by atoms with Crippen molar-refractivity contribution in [3.05, 3.63) is 47.1 Å². The number of amides is 1. The molecule has 0 fully saturated rings. The van der Waals surface area contributed by atoms with Gasteiger partial charge in [-0.3, -0.25) is 4.79 Å². The van der Waals surface area contributed by atoms with Crippen molar-refractivity contribution in [1.29, 1.82) is 0 Å². The molecule has 0 aliphatic carbocycles. The summed E-state index contributed by atoms with van der Waals surface area (Å²) in [6, 6.07) is 10.9. The van der Waals surface area contributed by atoms with Gasteiger partial charge in [0.15, 0.2) is 5.69 Å². The summed E-state index contributed by atoms with van der Waals surface area (Å²) >= 11 is 7.50. The molecule has 0 radical (unpaired) electrons. The normalized spacial score (nSPS) is 10.0. The summed E-state index contributed by atoms with van der Waals surface area (Å²) in [6.45, 7) is 1.22. The van der Waals surface area contributed by atoms with E-state index in [0.717, 1.165) is 17.7 Å². The summed E-state index contributed by atoms with van der Waals surface area (Å²) in [4.78, 5) is 12.8. The first-order chi connectivity index (χ1) is 10.7. The molecule has 0 spiro atoms. The fourth-order valence-corrected chi connectivity index (χ4v) is 2.70. The molecule has 0 aliphatic heterocycles. The highest BCUT2D eigenvalue weighted by Crippen LogP contribution is 2.31. The third kappa shape index (κ3) is 6.35. The number of benzene rings is 1. The summed E-state index contributed by atoms with van der Waals surface area (Å²) in [5.41, 5.74) is 5.70. The summed E-state index contributed by atoms with van der Waals surface area (Å²) in [5, 5.41) is 12.1. The standard InChI is InChI=1S/C15H17ClN4OS.ClH/c16-11-5-1-2-6-13(11)22-14-8-7-12(19-20-14)15(21)18-10-4-3-9-17;/h1-2,5-8H,3-4,9-10,17H2,(H,18,21);1H. The zero-order valence-electron chi connectivity index (χ0n) is 12.4. The maximum absolute atomic E-state index is 11.9. The van der Waals surface area contributed by atoms with E-state index in [0.29, 0.717) is 28.8 Å². The van der Waals surface area contributed by atoms with Gasteiger partial charge in [0.2, 0.25) is 0 Å². The monoisotopic (exact) mass is 372 g/mol. The second-order valence-electron chi connectivity index (χ2n) is 4.54. The summed E-state index contributed by atoms with van der Waals surface area (Å²) in [7, 11) is 0. The maximum atomic E-state index is 11.9. The zero-order valence-corrected chi connectivity index (χ0v) is 14.8. The van der Waals surface area contributed by atoms with E-state index in [1.807, 2.05) is 24.3 Å². The molecule has 0 unspecified atom stereocenters. The van der Waals surface area contributed by atoms with Crippen molar-refractivity contribution in [1.82, 2.24) is 15.5 Å². The largest absolute Gasteiger partial charge is 0.351 e. The molecule has 0 saturated heterocycles. The predicted octanol–water partition coefficient (Wildman–Crippen LogP) is 3.17. The molecule has 8 heteroatoms. The lowest BCUT2D eigenvalue weighted by molar-refractivity contribution is 0.0946. The Hall–Kier alpha value is -1.34. The molecule has 3 N–H and O–H groups in total. The molecule has 1 aromatic heterocycles. The van der Waals surface area contributed by atoms with E-state index >= 15 is 0 Å². The minimum Gasteiger partial charge on any atom is -0.351 e. The van der Waals surface area contributed by atoms with Crippen LogP contribution in [-0.4, -0.2) is 29.2 Å². The number of halogens is 2. The van der Waals surface area contributed by atoms with Crippen LogP contribution in [-0.2, 0) is 0 Å². The highest BCUT2D eigenvalue weighted by molar-refractivity contribution is 7.99. The molecule has 1 aromatic carbocycles. The van der Waals surface area contributed by atoms with Crippen LogP contribution in [0.3, 0.4) is 0 Å². The van der Waals surface area contributed by atoms with Crippen LogP contribution < -0.4 is 11.1 Å². The lowest BCUT2D eigenvalue weighted by Crippen LogP contribution is -2.26. The summed E-state index contributed by atoms with van der Waals surface area (Å²) < 4.78 is 0. The Kier molecular flexibility index (Phi) is 8.94. The Labute approximate surface area is 150 Å². The van der Waals surface area contributed by atoms with E-state index in [2.05, 4.69) is 15.5 Å². The number of aromatic nitrogens is 2. The van der Waals surface area contributed by atoms with Crippen molar-refractivity contribution in [2.24, 2.45) is 5.73 Å². The molecule has 23 heavy (non-hydrogen) atoms. The molecular formula is C15H18Cl2N4OS. The first-order valence-electron chi connectivity index (χ1n) is 6.95. The predicted molar refractivity (Wildman–Crippen MR) is 95.5 cm³/mol. The fourth-order valence-electron chi connectivity index (χ4n) is 1.70. The SMILES string of the molecule is Cl.NCCCCNC(=O)c1ccc(Sc2ccccc2Cl)nn1. The van der Waals surface area contributed by atoms with Crippen LogP contribution in [0.4, 0.5) is 0 Å². The first-order valence-corrected chi connectivity index (χ1v) is 8.14. The molecule has 124 valence electrons. The van der Waals surface area contributed by atoms with E-state index in [1.165, 1.54) is 11.8 Å². The quantitative estimate of drug-likeness (QED) is 0.729. The van der Waals surface area contributed by atoms with Gasteiger partial charge in [0.25, 0.3) is 5.91 Å². The first kappa shape index (κ1) is 19.7. The molecule has 1 heterocycles. The number of rotatable bonds is 7. The third-order valence-corrected chi connectivity index (χ3v) is 4.28. The third-order valence-electron chi connectivity index (χ3n) is 2.84. The van der Waals surface area contributed by atoms with Crippen molar-refractivity contribution < 1.29 is 4.79 Å². The molecule has 0 bridgehead atoms. The van der Waals surface area contributed by atoms with Gasteiger partial charge in [-0.25, -0.2) is 0 Å². The topological polar surface area (TPSA) is 80.9 Å². The molecular weight excluding hydrogens is 355 g/mol. The van der Waals surface area contributed by atoms with Crippen LogP contribution in [0.5, 0.6) is 0 Å². The zero-order chi connectivity index (χ0) is 15.8. The van der Waals surface area contributed by atoms with Gasteiger partial charge >= 0.3 is 0 Å². The minimum atomic E-state index is -0.223. The van der Waals surface area contributed by atoms with Crippen molar-refractivity contribution >= 4 is 41.7 Å². The van der Waals surface area contributed by atoms with E-state index in [9.17, 15) is 4.79 Å². The van der Waals surface area contributed by atoms with Crippen molar-refractivity contribution in [2.45, 2.75) is 22.8 Å². The van der Waals surface area contributed by atoms with Crippen molar-refractivity contribution in [2.75, 3.05) is 13.1 Å². The number of hydrogen-bond donors (Lipinski definition) is 2. The molecule has 0 saturated carbocycles. The Balaban J connectivity index is 0.00000264. The van der Waals surface area contributed by atoms with Gasteiger partial charge in [0, 0.05) is 11.4 Å². The van der Waals surface area contributed by atoms with Crippen LogP contribution in [0.1, 0.15) is 23.3 Å². The van der Waals surface area contributed by atoms with Crippen LogP contribution in [0.2, 0.25) is 5.02 Å². The van der Waals surface area contributed by atoms with Gasteiger partial charge in [-0.1, -0.05) is 35.5 Å². The van der Waals surface area contributed by atoms with E-state index in [4.69, 9.17) is 17.3 Å². The van der Waals surface area contributed by atoms with E-state index in [1.54, 1.807) is 12.1 Å². The highest BCUT2D eigenvalue weighted by atomic mass is 35.5. The number of nitrogens with two attached hydrogens (primary N) is 1.